The number of carbonyl (C=O) groups excluding carboxylic acids is 1. The fourth-order valence-electron chi connectivity index (χ4n) is 2.92. The number of para-hydroxylation sites is 1. The van der Waals surface area contributed by atoms with Crippen molar-refractivity contribution >= 4 is 22.6 Å². The lowest BCUT2D eigenvalue weighted by molar-refractivity contribution is 0.196. The molecule has 0 saturated heterocycles. The third kappa shape index (κ3) is 4.27. The zero-order chi connectivity index (χ0) is 17.0. The summed E-state index contributed by atoms with van der Waals surface area (Å²) in [6.45, 7) is 13.1. The maximum absolute atomic E-state index is 12.7. The minimum atomic E-state index is -0.00796. The Labute approximate surface area is 139 Å². The molecule has 0 unspecified atom stereocenters. The highest BCUT2D eigenvalue weighted by atomic mass is 16.2. The molecule has 1 N–H and O–H groups in total. The van der Waals surface area contributed by atoms with E-state index in [-0.39, 0.29) is 6.03 Å². The van der Waals surface area contributed by atoms with Gasteiger partial charge >= 0.3 is 6.03 Å². The van der Waals surface area contributed by atoms with E-state index in [1.807, 2.05) is 23.2 Å². The maximum atomic E-state index is 12.7. The molecule has 0 aliphatic heterocycles. The predicted molar refractivity (Wildman–Crippen MR) is 97.9 cm³/mol. The van der Waals surface area contributed by atoms with Crippen LogP contribution in [0.25, 0.3) is 10.9 Å². The van der Waals surface area contributed by atoms with Gasteiger partial charge in [-0.1, -0.05) is 45.9 Å². The quantitative estimate of drug-likeness (QED) is 0.816. The lowest BCUT2D eigenvalue weighted by atomic mass is 10.1. The van der Waals surface area contributed by atoms with Gasteiger partial charge in [0.2, 0.25) is 0 Å². The summed E-state index contributed by atoms with van der Waals surface area (Å²) < 4.78 is 2.17. The highest BCUT2D eigenvalue weighted by Crippen LogP contribution is 2.26. The van der Waals surface area contributed by atoms with Gasteiger partial charge in [0.05, 0.1) is 11.2 Å². The number of amides is 2. The number of aromatic nitrogens is 1. The smallest absolute Gasteiger partial charge is 0.321 e. The van der Waals surface area contributed by atoms with E-state index < -0.39 is 0 Å². The average molecular weight is 315 g/mol. The van der Waals surface area contributed by atoms with Crippen molar-refractivity contribution in [1.29, 1.82) is 0 Å². The molecule has 0 atom stereocenters. The fraction of sp³-hybridized carbons (Fsp3) is 0.526. The Morgan fingerprint density at radius 3 is 2.30 bits per heavy atom. The van der Waals surface area contributed by atoms with E-state index in [0.29, 0.717) is 11.8 Å². The van der Waals surface area contributed by atoms with Gasteiger partial charge in [0.25, 0.3) is 0 Å². The van der Waals surface area contributed by atoms with Crippen LogP contribution in [-0.2, 0) is 6.54 Å². The van der Waals surface area contributed by atoms with Gasteiger partial charge in [-0.3, -0.25) is 0 Å². The van der Waals surface area contributed by atoms with Gasteiger partial charge in [-0.2, -0.15) is 0 Å². The normalized spacial score (nSPS) is 11.4. The molecule has 0 aliphatic carbocycles. The molecule has 1 heterocycles. The van der Waals surface area contributed by atoms with Gasteiger partial charge in [-0.15, -0.1) is 0 Å². The third-order valence-corrected chi connectivity index (χ3v) is 3.83. The highest BCUT2D eigenvalue weighted by molar-refractivity contribution is 6.01. The molecule has 23 heavy (non-hydrogen) atoms. The summed E-state index contributed by atoms with van der Waals surface area (Å²) in [4.78, 5) is 14.7. The molecule has 0 saturated carbocycles. The Kier molecular flexibility index (Phi) is 5.69. The first kappa shape index (κ1) is 17.4. The second kappa shape index (κ2) is 7.53. The second-order valence-corrected chi connectivity index (χ2v) is 6.97. The largest absolute Gasteiger partial charge is 0.346 e. The lowest BCUT2D eigenvalue weighted by Gasteiger charge is -2.26. The predicted octanol–water partition coefficient (Wildman–Crippen LogP) is 4.81. The first-order valence-electron chi connectivity index (χ1n) is 8.56. The number of fused-ring (bicyclic) bond motifs is 1. The Balaban J connectivity index is 2.24. The van der Waals surface area contributed by atoms with Gasteiger partial charge < -0.3 is 14.8 Å². The Hall–Kier alpha value is -1.97. The molecule has 0 spiro atoms. The monoisotopic (exact) mass is 315 g/mol. The van der Waals surface area contributed by atoms with E-state index in [1.54, 1.807) is 0 Å². The van der Waals surface area contributed by atoms with Crippen molar-refractivity contribution in [2.24, 2.45) is 11.8 Å². The van der Waals surface area contributed by atoms with Crippen molar-refractivity contribution in [2.45, 2.75) is 41.2 Å². The van der Waals surface area contributed by atoms with Gasteiger partial charge in [0, 0.05) is 31.2 Å². The third-order valence-electron chi connectivity index (χ3n) is 3.83. The van der Waals surface area contributed by atoms with Crippen molar-refractivity contribution in [3.8, 4) is 0 Å². The summed E-state index contributed by atoms with van der Waals surface area (Å²) in [6.07, 6.45) is 2.03. The van der Waals surface area contributed by atoms with Crippen LogP contribution in [0.2, 0.25) is 0 Å². The van der Waals surface area contributed by atoms with Crippen molar-refractivity contribution in [1.82, 2.24) is 9.47 Å². The van der Waals surface area contributed by atoms with Gasteiger partial charge in [-0.25, -0.2) is 4.79 Å². The SMILES string of the molecule is CCn1cc(NC(=O)N(CC(C)C)CC(C)C)c2ccccc21. The number of urea groups is 1. The van der Waals surface area contributed by atoms with Crippen LogP contribution in [0.15, 0.2) is 30.5 Å². The van der Waals surface area contributed by atoms with E-state index in [0.717, 1.165) is 36.2 Å². The van der Waals surface area contributed by atoms with Gasteiger partial charge in [-0.05, 0) is 24.8 Å². The standard InChI is InChI=1S/C19H29N3O/c1-6-21-13-17(16-9-7-8-10-18(16)21)20-19(23)22(11-14(2)3)12-15(4)5/h7-10,13-15H,6,11-12H2,1-5H3,(H,20,23). The van der Waals surface area contributed by atoms with Crippen LogP contribution in [-0.4, -0.2) is 28.6 Å². The number of hydrogen-bond acceptors (Lipinski definition) is 1. The Bertz CT molecular complexity index is 648. The molecule has 0 radical (unpaired) electrons. The number of aryl methyl sites for hydroxylation is 1. The molecule has 2 rings (SSSR count). The number of rotatable bonds is 6. The van der Waals surface area contributed by atoms with Crippen molar-refractivity contribution in [3.63, 3.8) is 0 Å². The number of anilines is 1. The molecule has 1 aromatic heterocycles. The van der Waals surface area contributed by atoms with Gasteiger partial charge in [0.15, 0.2) is 0 Å². The molecule has 2 amide bonds. The molecule has 0 bridgehead atoms. The van der Waals surface area contributed by atoms with Crippen molar-refractivity contribution in [3.05, 3.63) is 30.5 Å². The number of benzene rings is 1. The number of nitrogens with one attached hydrogen (secondary N) is 1. The van der Waals surface area contributed by atoms with E-state index in [9.17, 15) is 4.79 Å². The molecular weight excluding hydrogens is 286 g/mol. The summed E-state index contributed by atoms with van der Waals surface area (Å²) in [7, 11) is 0. The first-order valence-corrected chi connectivity index (χ1v) is 8.56. The summed E-state index contributed by atoms with van der Waals surface area (Å²) >= 11 is 0. The van der Waals surface area contributed by atoms with Crippen LogP contribution in [0.3, 0.4) is 0 Å². The molecule has 4 heteroatoms. The van der Waals surface area contributed by atoms with E-state index in [1.165, 1.54) is 0 Å². The first-order chi connectivity index (χ1) is 10.9. The van der Waals surface area contributed by atoms with Crippen molar-refractivity contribution < 1.29 is 4.79 Å². The molecule has 0 fully saturated rings. The van der Waals surface area contributed by atoms with Crippen LogP contribution in [0, 0.1) is 11.8 Å². The summed E-state index contributed by atoms with van der Waals surface area (Å²) in [6, 6.07) is 8.19. The molecule has 1 aromatic carbocycles. The fourth-order valence-corrected chi connectivity index (χ4v) is 2.92. The van der Waals surface area contributed by atoms with Crippen molar-refractivity contribution in [2.75, 3.05) is 18.4 Å². The zero-order valence-corrected chi connectivity index (χ0v) is 15.0. The Morgan fingerprint density at radius 1 is 1.13 bits per heavy atom. The van der Waals surface area contributed by atoms with Crippen LogP contribution >= 0.6 is 0 Å². The number of nitrogens with zero attached hydrogens (tertiary/aromatic N) is 2. The summed E-state index contributed by atoms with van der Waals surface area (Å²) in [5, 5.41) is 4.21. The maximum Gasteiger partial charge on any atom is 0.321 e. The number of hydrogen-bond donors (Lipinski definition) is 1. The molecule has 0 aliphatic rings. The summed E-state index contributed by atoms with van der Waals surface area (Å²) in [5.41, 5.74) is 2.05. The second-order valence-electron chi connectivity index (χ2n) is 6.97. The molecule has 4 nitrogen and oxygen atoms in total. The minimum absolute atomic E-state index is 0.00796. The summed E-state index contributed by atoms with van der Waals surface area (Å²) in [5.74, 6) is 0.910. The molecule has 126 valence electrons. The zero-order valence-electron chi connectivity index (χ0n) is 15.0. The Morgan fingerprint density at radius 2 is 1.74 bits per heavy atom. The highest BCUT2D eigenvalue weighted by Gasteiger charge is 2.18. The molecular formula is C19H29N3O. The number of carbonyl (C=O) groups is 1. The van der Waals surface area contributed by atoms with Gasteiger partial charge in [0.1, 0.15) is 0 Å². The van der Waals surface area contributed by atoms with Crippen LogP contribution < -0.4 is 5.32 Å². The van der Waals surface area contributed by atoms with Crippen LogP contribution in [0.1, 0.15) is 34.6 Å². The molecule has 2 aromatic rings. The average Bonchev–Trinajstić information content (AvgIpc) is 2.84. The minimum Gasteiger partial charge on any atom is -0.346 e. The van der Waals surface area contributed by atoms with Crippen LogP contribution in [0.4, 0.5) is 10.5 Å². The topological polar surface area (TPSA) is 37.3 Å². The lowest BCUT2D eigenvalue weighted by Crippen LogP contribution is -2.39. The van der Waals surface area contributed by atoms with E-state index in [4.69, 9.17) is 0 Å². The van der Waals surface area contributed by atoms with E-state index >= 15 is 0 Å². The van der Waals surface area contributed by atoms with Crippen LogP contribution in [0.5, 0.6) is 0 Å². The van der Waals surface area contributed by atoms with E-state index in [2.05, 4.69) is 56.6 Å².